The van der Waals surface area contributed by atoms with Crippen LogP contribution in [-0.4, -0.2) is 11.4 Å². The molecule has 4 heteroatoms. The van der Waals surface area contributed by atoms with Crippen LogP contribution in [0, 0.1) is 5.21 Å². The summed E-state index contributed by atoms with van der Waals surface area (Å²) in [5.41, 5.74) is 1.34. The molecule has 0 aliphatic rings. The molecule has 0 spiro atoms. The monoisotopic (exact) mass is 242 g/mol. The van der Waals surface area contributed by atoms with Gasteiger partial charge in [-0.1, -0.05) is 12.1 Å². The van der Waals surface area contributed by atoms with E-state index in [1.807, 2.05) is 36.6 Å². The summed E-state index contributed by atoms with van der Waals surface area (Å²) in [6, 6.07) is 13.5. The lowest BCUT2D eigenvalue weighted by molar-refractivity contribution is -0.639. The van der Waals surface area contributed by atoms with Crippen LogP contribution in [0.15, 0.2) is 47.4 Å². The largest absolute Gasteiger partial charge is 0.594 e. The van der Waals surface area contributed by atoms with Gasteiger partial charge in [0, 0.05) is 21.4 Å². The molecule has 0 aliphatic carbocycles. The van der Waals surface area contributed by atoms with E-state index in [4.69, 9.17) is 0 Å². The molecule has 0 amide bonds. The molecule has 17 heavy (non-hydrogen) atoms. The van der Waals surface area contributed by atoms with Gasteiger partial charge in [0.05, 0.1) is 5.39 Å². The van der Waals surface area contributed by atoms with E-state index in [0.29, 0.717) is 10.4 Å². The third-order valence-corrected chi connectivity index (χ3v) is 3.53. The van der Waals surface area contributed by atoms with Crippen molar-refractivity contribution in [2.45, 2.75) is 4.90 Å². The minimum atomic E-state index is 0.609. The van der Waals surface area contributed by atoms with E-state index in [0.717, 1.165) is 16.3 Å². The Morgan fingerprint density at radius 1 is 1.12 bits per heavy atom. The van der Waals surface area contributed by atoms with Gasteiger partial charge in [-0.15, -0.1) is 11.8 Å². The van der Waals surface area contributed by atoms with Crippen molar-refractivity contribution >= 4 is 33.6 Å². The van der Waals surface area contributed by atoms with Gasteiger partial charge in [-0.25, -0.2) is 0 Å². The molecular formula is C13H10N2OS. The van der Waals surface area contributed by atoms with Gasteiger partial charge in [-0.3, -0.25) is 0 Å². The quantitative estimate of drug-likeness (QED) is 0.285. The summed E-state index contributed by atoms with van der Waals surface area (Å²) in [4.78, 5) is 1.87. The number of hydrogen-bond donors (Lipinski definition) is 0. The summed E-state index contributed by atoms with van der Waals surface area (Å²) in [6.45, 7) is 0. The van der Waals surface area contributed by atoms with Gasteiger partial charge in [-0.2, -0.15) is 0 Å². The molecule has 0 aliphatic heterocycles. The van der Waals surface area contributed by atoms with Crippen LogP contribution in [0.25, 0.3) is 21.8 Å². The smallest absolute Gasteiger partial charge is 0.252 e. The second-order valence-corrected chi connectivity index (χ2v) is 4.65. The van der Waals surface area contributed by atoms with Gasteiger partial charge < -0.3 is 5.21 Å². The second kappa shape index (κ2) is 3.89. The Hall–Kier alpha value is -1.81. The van der Waals surface area contributed by atoms with E-state index in [1.54, 1.807) is 17.8 Å². The van der Waals surface area contributed by atoms with Crippen molar-refractivity contribution in [1.29, 1.82) is 0 Å². The van der Waals surface area contributed by atoms with Crippen LogP contribution in [0.5, 0.6) is 0 Å². The van der Waals surface area contributed by atoms with Gasteiger partial charge in [0.15, 0.2) is 0 Å². The first-order chi connectivity index (χ1) is 8.29. The summed E-state index contributed by atoms with van der Waals surface area (Å²) in [7, 11) is 0. The predicted molar refractivity (Wildman–Crippen MR) is 70.0 cm³/mol. The molecule has 3 rings (SSSR count). The lowest BCUT2D eigenvalue weighted by atomic mass is 10.1. The van der Waals surface area contributed by atoms with Crippen LogP contribution in [0.3, 0.4) is 0 Å². The van der Waals surface area contributed by atoms with Crippen LogP contribution in [0.4, 0.5) is 0 Å². The topological polar surface area (TPSA) is 39.8 Å². The van der Waals surface area contributed by atoms with Crippen LogP contribution in [0.2, 0.25) is 0 Å². The fourth-order valence-corrected chi connectivity index (χ4v) is 2.40. The Labute approximate surface area is 103 Å². The maximum absolute atomic E-state index is 11.7. The number of nitrogens with zero attached hydrogens (tertiary/aromatic N) is 2. The van der Waals surface area contributed by atoms with E-state index in [2.05, 4.69) is 11.2 Å². The molecule has 84 valence electrons. The zero-order valence-electron chi connectivity index (χ0n) is 9.25. The highest BCUT2D eigenvalue weighted by Crippen LogP contribution is 2.25. The third kappa shape index (κ3) is 1.61. The predicted octanol–water partition coefficient (Wildman–Crippen LogP) is 2.74. The van der Waals surface area contributed by atoms with Crippen LogP contribution >= 0.6 is 11.8 Å². The van der Waals surface area contributed by atoms with Crippen LogP contribution < -0.4 is 4.85 Å². The van der Waals surface area contributed by atoms with E-state index in [-0.39, 0.29) is 0 Å². The van der Waals surface area contributed by atoms with Crippen molar-refractivity contribution in [2.24, 2.45) is 0 Å². The Kier molecular flexibility index (Phi) is 2.37. The molecular weight excluding hydrogens is 232 g/mol. The molecule has 0 fully saturated rings. The minimum Gasteiger partial charge on any atom is -0.594 e. The number of hydrogen-bond acceptors (Lipinski definition) is 3. The summed E-state index contributed by atoms with van der Waals surface area (Å²) < 4.78 is 0. The molecule has 1 aromatic heterocycles. The molecule has 2 aromatic carbocycles. The Morgan fingerprint density at radius 2 is 1.94 bits per heavy atom. The Morgan fingerprint density at radius 3 is 2.76 bits per heavy atom. The number of aromatic nitrogens is 2. The van der Waals surface area contributed by atoms with Crippen LogP contribution in [-0.2, 0) is 0 Å². The fourth-order valence-electron chi connectivity index (χ4n) is 1.96. The van der Waals surface area contributed by atoms with Gasteiger partial charge in [0.2, 0.25) is 0 Å². The maximum Gasteiger partial charge on any atom is 0.252 e. The molecule has 0 saturated heterocycles. The maximum atomic E-state index is 11.7. The molecule has 0 saturated carbocycles. The molecule has 3 nitrogen and oxygen atoms in total. The fraction of sp³-hybridized carbons (Fsp3) is 0.0769. The van der Waals surface area contributed by atoms with Crippen molar-refractivity contribution in [3.63, 3.8) is 0 Å². The normalized spacial score (nSPS) is 11.1. The van der Waals surface area contributed by atoms with E-state index >= 15 is 0 Å². The zero-order valence-corrected chi connectivity index (χ0v) is 10.1. The van der Waals surface area contributed by atoms with E-state index < -0.39 is 0 Å². The molecule has 0 atom stereocenters. The highest BCUT2D eigenvalue weighted by Gasteiger charge is 2.10. The SMILES string of the molecule is CSc1ccc2n[n+]([O-])c3ccccc3c2c1. The number of para-hydroxylation sites is 1. The summed E-state index contributed by atoms with van der Waals surface area (Å²) in [5.74, 6) is 0. The number of rotatable bonds is 1. The number of fused-ring (bicyclic) bond motifs is 3. The lowest BCUT2D eigenvalue weighted by Gasteiger charge is -2.04. The first-order valence-electron chi connectivity index (χ1n) is 5.26. The molecule has 0 unspecified atom stereocenters. The molecule has 3 aromatic rings. The average molecular weight is 242 g/mol. The second-order valence-electron chi connectivity index (χ2n) is 3.77. The van der Waals surface area contributed by atoms with E-state index in [1.165, 1.54) is 4.90 Å². The summed E-state index contributed by atoms with van der Waals surface area (Å²) in [5, 5.41) is 17.8. The van der Waals surface area contributed by atoms with Gasteiger partial charge in [0.1, 0.15) is 5.52 Å². The van der Waals surface area contributed by atoms with Crippen molar-refractivity contribution in [3.8, 4) is 0 Å². The molecule has 0 bridgehead atoms. The van der Waals surface area contributed by atoms with Crippen LogP contribution in [0.1, 0.15) is 0 Å². The Bertz CT molecular complexity index is 712. The lowest BCUT2D eigenvalue weighted by Crippen LogP contribution is -2.31. The van der Waals surface area contributed by atoms with E-state index in [9.17, 15) is 5.21 Å². The minimum absolute atomic E-state index is 0.609. The standard InChI is InChI=1S/C13H10N2OS/c1-17-9-6-7-12-11(8-9)10-4-2-3-5-13(10)15(16)14-12/h2-8H,1H3. The molecule has 0 radical (unpaired) electrons. The highest BCUT2D eigenvalue weighted by atomic mass is 32.2. The number of benzene rings is 2. The summed E-state index contributed by atoms with van der Waals surface area (Å²) >= 11 is 1.68. The van der Waals surface area contributed by atoms with Gasteiger partial charge in [-0.05, 0) is 35.4 Å². The number of thioether (sulfide) groups is 1. The molecule has 0 N–H and O–H groups in total. The van der Waals surface area contributed by atoms with Gasteiger partial charge >= 0.3 is 0 Å². The Balaban J connectivity index is 2.51. The van der Waals surface area contributed by atoms with Gasteiger partial charge in [0.25, 0.3) is 5.52 Å². The van der Waals surface area contributed by atoms with Crippen molar-refractivity contribution in [3.05, 3.63) is 47.7 Å². The third-order valence-electron chi connectivity index (χ3n) is 2.80. The first kappa shape index (κ1) is 10.4. The average Bonchev–Trinajstić information content (AvgIpc) is 2.39. The van der Waals surface area contributed by atoms with Crippen molar-refractivity contribution in [1.82, 2.24) is 5.10 Å². The molecule has 1 heterocycles. The summed E-state index contributed by atoms with van der Waals surface area (Å²) in [6.07, 6.45) is 2.04. The highest BCUT2D eigenvalue weighted by molar-refractivity contribution is 7.98. The first-order valence-corrected chi connectivity index (χ1v) is 6.48. The van der Waals surface area contributed by atoms with Crippen molar-refractivity contribution in [2.75, 3.05) is 6.26 Å². The zero-order chi connectivity index (χ0) is 11.8. The van der Waals surface area contributed by atoms with Crippen molar-refractivity contribution < 1.29 is 4.85 Å².